The number of nitrogens with zero attached hydrogens (tertiary/aromatic N) is 2. The molecule has 0 amide bonds. The Kier molecular flexibility index (Phi) is 8.89. The number of aryl methyl sites for hydroxylation is 1. The largest absolute Gasteiger partial charge is 0.458 e. The number of hydrogen-bond donors (Lipinski definition) is 0. The van der Waals surface area contributed by atoms with Crippen molar-refractivity contribution in [3.63, 3.8) is 0 Å². The molecule has 7 aromatic rings. The highest BCUT2D eigenvalue weighted by atomic mass is 16.5. The Bertz CT molecular complexity index is 2900. The second kappa shape index (κ2) is 13.8. The SMILES string of the molecule is Cc1ccc(N(c2ccc(C(C)(C)C)cc2)c2cc3c(c4c2-c2ccccc2C4(C)C)B2c4cc(C(C)(C)C)ccc4Oc4cccc(c42)N3c2ccc(C(C)(C)C)cc2)cc1. The van der Waals surface area contributed by atoms with E-state index in [1.807, 2.05) is 0 Å². The third-order valence-electron chi connectivity index (χ3n) is 13.8. The summed E-state index contributed by atoms with van der Waals surface area (Å²) < 4.78 is 6.97. The van der Waals surface area contributed by atoms with E-state index in [0.717, 1.165) is 34.2 Å². The fourth-order valence-electron chi connectivity index (χ4n) is 10.4. The second-order valence-electron chi connectivity index (χ2n) is 21.6. The predicted octanol–water partition coefficient (Wildman–Crippen LogP) is 14.1. The summed E-state index contributed by atoms with van der Waals surface area (Å²) in [6.07, 6.45) is 0. The van der Waals surface area contributed by atoms with E-state index < -0.39 is 0 Å². The highest BCUT2D eigenvalue weighted by molar-refractivity contribution is 6.99. The van der Waals surface area contributed by atoms with Gasteiger partial charge in [0, 0.05) is 39.4 Å². The minimum atomic E-state index is -0.324. The molecule has 0 radical (unpaired) electrons. The zero-order chi connectivity index (χ0) is 43.7. The fraction of sp³-hybridized carbons (Fsp3) is 0.276. The van der Waals surface area contributed by atoms with Crippen molar-refractivity contribution in [3.8, 4) is 22.6 Å². The maximum absolute atomic E-state index is 6.97. The van der Waals surface area contributed by atoms with Crippen LogP contribution in [0.2, 0.25) is 0 Å². The Hall–Kier alpha value is -6.00. The molecular weight excluding hydrogens is 751 g/mol. The Morgan fingerprint density at radius 2 is 1.13 bits per heavy atom. The second-order valence-corrected chi connectivity index (χ2v) is 21.6. The van der Waals surface area contributed by atoms with Crippen molar-refractivity contribution in [1.82, 2.24) is 0 Å². The average molecular weight is 811 g/mol. The number of ether oxygens (including phenoxy) is 1. The molecule has 7 aromatic carbocycles. The van der Waals surface area contributed by atoms with Gasteiger partial charge in [0.15, 0.2) is 0 Å². The van der Waals surface area contributed by atoms with E-state index in [9.17, 15) is 0 Å². The van der Waals surface area contributed by atoms with Gasteiger partial charge in [-0.1, -0.05) is 161 Å². The molecule has 0 N–H and O–H groups in total. The Morgan fingerprint density at radius 3 is 1.76 bits per heavy atom. The van der Waals surface area contributed by atoms with Crippen LogP contribution < -0.4 is 30.9 Å². The van der Waals surface area contributed by atoms with Crippen molar-refractivity contribution in [2.24, 2.45) is 0 Å². The van der Waals surface area contributed by atoms with Gasteiger partial charge in [-0.05, 0) is 134 Å². The molecule has 3 nitrogen and oxygen atoms in total. The molecule has 0 saturated heterocycles. The predicted molar refractivity (Wildman–Crippen MR) is 265 cm³/mol. The molecule has 0 bridgehead atoms. The van der Waals surface area contributed by atoms with Crippen LogP contribution in [0.5, 0.6) is 11.5 Å². The summed E-state index contributed by atoms with van der Waals surface area (Å²) >= 11 is 0. The maximum Gasteiger partial charge on any atom is 0.256 e. The van der Waals surface area contributed by atoms with E-state index in [4.69, 9.17) is 4.74 Å². The lowest BCUT2D eigenvalue weighted by atomic mass is 9.32. The van der Waals surface area contributed by atoms with Crippen LogP contribution in [0.3, 0.4) is 0 Å². The van der Waals surface area contributed by atoms with Crippen molar-refractivity contribution in [2.75, 3.05) is 9.80 Å². The molecule has 62 heavy (non-hydrogen) atoms. The first-order valence-corrected chi connectivity index (χ1v) is 22.5. The van der Waals surface area contributed by atoms with Gasteiger partial charge < -0.3 is 14.5 Å². The van der Waals surface area contributed by atoms with Crippen molar-refractivity contribution in [1.29, 1.82) is 0 Å². The van der Waals surface area contributed by atoms with E-state index in [1.54, 1.807) is 0 Å². The van der Waals surface area contributed by atoms with E-state index in [2.05, 4.69) is 232 Å². The normalized spacial score (nSPS) is 14.6. The molecule has 0 unspecified atom stereocenters. The third kappa shape index (κ3) is 6.23. The van der Waals surface area contributed by atoms with Gasteiger partial charge in [0.25, 0.3) is 6.71 Å². The molecule has 2 aliphatic heterocycles. The Morgan fingerprint density at radius 1 is 0.548 bits per heavy atom. The third-order valence-corrected chi connectivity index (χ3v) is 13.8. The van der Waals surface area contributed by atoms with E-state index in [-0.39, 0.29) is 28.4 Å². The molecule has 0 spiro atoms. The van der Waals surface area contributed by atoms with Gasteiger partial charge in [-0.15, -0.1) is 0 Å². The standard InChI is InChI=1S/C58H59BN2O/c1-36-20-27-40(28-21-36)60(41-29-22-37(23-30-41)55(2,3)4)47-35-48-54(52-51(47)43-16-13-14-17-44(43)58(52,11)12)59-45-34-39(57(8,9)10)26-33-49(45)62-50-19-15-18-46(53(50)59)61(48)42-31-24-38(25-32-42)56(5,6)7/h13-35H,1-12H3. The number of anilines is 6. The zero-order valence-corrected chi connectivity index (χ0v) is 38.7. The summed E-state index contributed by atoms with van der Waals surface area (Å²) in [5.41, 5.74) is 21.0. The molecule has 1 aliphatic carbocycles. The molecular formula is C58H59BN2O. The number of hydrogen-bond acceptors (Lipinski definition) is 3. The van der Waals surface area contributed by atoms with Gasteiger partial charge in [0.05, 0.1) is 5.69 Å². The van der Waals surface area contributed by atoms with Gasteiger partial charge in [0.1, 0.15) is 11.5 Å². The summed E-state index contributed by atoms with van der Waals surface area (Å²) in [7, 11) is 0. The highest BCUT2D eigenvalue weighted by Gasteiger charge is 2.49. The van der Waals surface area contributed by atoms with E-state index in [1.165, 1.54) is 72.3 Å². The topological polar surface area (TPSA) is 15.7 Å². The lowest BCUT2D eigenvalue weighted by molar-refractivity contribution is 0.486. The van der Waals surface area contributed by atoms with Crippen molar-refractivity contribution >= 4 is 57.2 Å². The quantitative estimate of drug-likeness (QED) is 0.165. The first kappa shape index (κ1) is 40.1. The van der Waals surface area contributed by atoms with Crippen LogP contribution in [0.15, 0.2) is 140 Å². The van der Waals surface area contributed by atoms with Crippen LogP contribution >= 0.6 is 0 Å². The minimum Gasteiger partial charge on any atom is -0.458 e. The maximum atomic E-state index is 6.97. The van der Waals surface area contributed by atoms with Gasteiger partial charge in [-0.25, -0.2) is 0 Å². The molecule has 0 atom stereocenters. The minimum absolute atomic E-state index is 0.0263. The van der Waals surface area contributed by atoms with Crippen LogP contribution in [0, 0.1) is 6.92 Å². The summed E-state index contributed by atoms with van der Waals surface area (Å²) in [4.78, 5) is 5.06. The average Bonchev–Trinajstić information content (AvgIpc) is 3.47. The Balaban J connectivity index is 1.36. The van der Waals surface area contributed by atoms with Crippen LogP contribution in [0.25, 0.3) is 11.1 Å². The molecule has 10 rings (SSSR count). The fourth-order valence-corrected chi connectivity index (χ4v) is 10.4. The van der Waals surface area contributed by atoms with Crippen molar-refractivity contribution < 1.29 is 4.74 Å². The molecule has 310 valence electrons. The molecule has 3 aliphatic rings. The van der Waals surface area contributed by atoms with Gasteiger partial charge >= 0.3 is 0 Å². The first-order chi connectivity index (χ1) is 29.3. The molecule has 4 heteroatoms. The lowest BCUT2D eigenvalue weighted by Gasteiger charge is -2.43. The summed E-state index contributed by atoms with van der Waals surface area (Å²) in [5, 5.41) is 0. The smallest absolute Gasteiger partial charge is 0.256 e. The van der Waals surface area contributed by atoms with Crippen LogP contribution in [0.4, 0.5) is 34.1 Å². The van der Waals surface area contributed by atoms with E-state index >= 15 is 0 Å². The van der Waals surface area contributed by atoms with Crippen LogP contribution in [-0.2, 0) is 21.7 Å². The van der Waals surface area contributed by atoms with Gasteiger partial charge in [-0.2, -0.15) is 0 Å². The summed E-state index contributed by atoms with van der Waals surface area (Å²) in [6.45, 7) is 27.7. The molecule has 2 heterocycles. The zero-order valence-electron chi connectivity index (χ0n) is 38.7. The highest BCUT2D eigenvalue weighted by Crippen LogP contribution is 2.57. The van der Waals surface area contributed by atoms with Crippen LogP contribution in [0.1, 0.15) is 110 Å². The van der Waals surface area contributed by atoms with Gasteiger partial charge in [-0.3, -0.25) is 0 Å². The first-order valence-electron chi connectivity index (χ1n) is 22.5. The van der Waals surface area contributed by atoms with Crippen molar-refractivity contribution in [2.45, 2.75) is 105 Å². The Labute approximate surface area is 370 Å². The van der Waals surface area contributed by atoms with Gasteiger partial charge in [0.2, 0.25) is 0 Å². The molecule has 0 fully saturated rings. The van der Waals surface area contributed by atoms with Crippen LogP contribution in [-0.4, -0.2) is 6.71 Å². The lowest BCUT2D eigenvalue weighted by Crippen LogP contribution is -2.61. The van der Waals surface area contributed by atoms with Crippen molar-refractivity contribution in [3.05, 3.63) is 173 Å². The summed E-state index contributed by atoms with van der Waals surface area (Å²) in [6, 6.07) is 52.9. The number of rotatable bonds is 4. The number of benzene rings is 7. The molecule has 0 saturated carbocycles. The monoisotopic (exact) mass is 810 g/mol. The molecule has 0 aromatic heterocycles. The number of fused-ring (bicyclic) bond motifs is 8. The van der Waals surface area contributed by atoms with E-state index in [0.29, 0.717) is 0 Å². The summed E-state index contributed by atoms with van der Waals surface area (Å²) in [5.74, 6) is 1.87.